The fraction of sp³-hybridized carbons (Fsp3) is 0.304. The minimum absolute atomic E-state index is 0.0823. The summed E-state index contributed by atoms with van der Waals surface area (Å²) in [6.45, 7) is 5.56. The zero-order chi connectivity index (χ0) is 22.3. The summed E-state index contributed by atoms with van der Waals surface area (Å²) in [6.07, 6.45) is 3.28. The summed E-state index contributed by atoms with van der Waals surface area (Å²) in [4.78, 5) is 20.1. The van der Waals surface area contributed by atoms with E-state index < -0.39 is 0 Å². The molecule has 0 aliphatic carbocycles. The molecular formula is C23H25N5O2S2. The maximum Gasteiger partial charge on any atom is 0.275 e. The summed E-state index contributed by atoms with van der Waals surface area (Å²) in [7, 11) is 0. The lowest BCUT2D eigenvalue weighted by Gasteiger charge is -2.19. The molecule has 0 radical (unpaired) electrons. The van der Waals surface area contributed by atoms with Crippen LogP contribution in [0.2, 0.25) is 0 Å². The van der Waals surface area contributed by atoms with Crippen molar-refractivity contribution in [2.24, 2.45) is 0 Å². The molecule has 0 fully saturated rings. The van der Waals surface area contributed by atoms with Gasteiger partial charge in [0.15, 0.2) is 16.7 Å². The predicted octanol–water partition coefficient (Wildman–Crippen LogP) is 5.54. The Morgan fingerprint density at radius 3 is 2.56 bits per heavy atom. The molecule has 166 valence electrons. The van der Waals surface area contributed by atoms with Crippen molar-refractivity contribution in [2.75, 3.05) is 13.1 Å². The van der Waals surface area contributed by atoms with Gasteiger partial charge in [0.1, 0.15) is 6.26 Å². The summed E-state index contributed by atoms with van der Waals surface area (Å²) in [6, 6.07) is 14.1. The third-order valence-corrected chi connectivity index (χ3v) is 6.54. The predicted molar refractivity (Wildman–Crippen MR) is 127 cm³/mol. The van der Waals surface area contributed by atoms with E-state index in [1.54, 1.807) is 11.3 Å². The minimum atomic E-state index is -0.0823. The second-order valence-electron chi connectivity index (χ2n) is 7.16. The number of oxazole rings is 1. The molecule has 0 aliphatic heterocycles. The Morgan fingerprint density at radius 2 is 1.88 bits per heavy atom. The fourth-order valence-electron chi connectivity index (χ4n) is 3.36. The van der Waals surface area contributed by atoms with E-state index in [-0.39, 0.29) is 5.91 Å². The molecule has 4 aromatic rings. The highest BCUT2D eigenvalue weighted by molar-refractivity contribution is 7.98. The molecule has 0 aliphatic rings. The average Bonchev–Trinajstić information content (AvgIpc) is 3.58. The molecule has 4 rings (SSSR count). The van der Waals surface area contributed by atoms with Gasteiger partial charge in [-0.25, -0.2) is 4.98 Å². The highest BCUT2D eigenvalue weighted by atomic mass is 32.2. The molecule has 0 bridgehead atoms. The Labute approximate surface area is 195 Å². The van der Waals surface area contributed by atoms with Gasteiger partial charge in [-0.3, -0.25) is 9.36 Å². The second kappa shape index (κ2) is 10.6. The lowest BCUT2D eigenvalue weighted by atomic mass is 10.3. The molecule has 3 heterocycles. The van der Waals surface area contributed by atoms with E-state index in [1.807, 2.05) is 57.3 Å². The highest BCUT2D eigenvalue weighted by Gasteiger charge is 2.20. The van der Waals surface area contributed by atoms with Crippen molar-refractivity contribution in [1.82, 2.24) is 24.6 Å². The molecule has 0 unspecified atom stereocenters. The van der Waals surface area contributed by atoms with Crippen LogP contribution in [0.15, 0.2) is 63.7 Å². The van der Waals surface area contributed by atoms with Crippen LogP contribution in [-0.4, -0.2) is 43.6 Å². The van der Waals surface area contributed by atoms with Crippen molar-refractivity contribution in [3.8, 4) is 16.4 Å². The van der Waals surface area contributed by atoms with Gasteiger partial charge in [0.05, 0.1) is 10.6 Å². The second-order valence-corrected chi connectivity index (χ2v) is 9.05. The first-order chi connectivity index (χ1) is 15.7. The topological polar surface area (TPSA) is 77.0 Å². The molecule has 1 amide bonds. The summed E-state index contributed by atoms with van der Waals surface area (Å²) < 4.78 is 7.64. The SMILES string of the molecule is CCCN(CCC)C(=O)c1coc(CSc2nnc(-c3cccs3)n2-c2ccccc2)n1. The van der Waals surface area contributed by atoms with Gasteiger partial charge in [0, 0.05) is 18.8 Å². The van der Waals surface area contributed by atoms with E-state index in [2.05, 4.69) is 29.0 Å². The average molecular weight is 468 g/mol. The van der Waals surface area contributed by atoms with E-state index in [0.29, 0.717) is 17.3 Å². The number of hydrogen-bond acceptors (Lipinski definition) is 7. The number of aromatic nitrogens is 4. The van der Waals surface area contributed by atoms with E-state index in [0.717, 1.165) is 47.5 Å². The van der Waals surface area contributed by atoms with Crippen LogP contribution in [0.4, 0.5) is 0 Å². The summed E-state index contributed by atoms with van der Waals surface area (Å²) >= 11 is 3.10. The van der Waals surface area contributed by atoms with Crippen LogP contribution in [-0.2, 0) is 5.75 Å². The first-order valence-electron chi connectivity index (χ1n) is 10.6. The molecule has 32 heavy (non-hydrogen) atoms. The van der Waals surface area contributed by atoms with Gasteiger partial charge in [-0.1, -0.05) is 49.9 Å². The Hall–Kier alpha value is -2.91. The Kier molecular flexibility index (Phi) is 7.39. The number of nitrogens with zero attached hydrogens (tertiary/aromatic N) is 5. The molecule has 1 aromatic carbocycles. The lowest BCUT2D eigenvalue weighted by Crippen LogP contribution is -2.32. The number of amides is 1. The number of carbonyl (C=O) groups is 1. The van der Waals surface area contributed by atoms with Crippen molar-refractivity contribution >= 4 is 29.0 Å². The van der Waals surface area contributed by atoms with E-state index in [1.165, 1.54) is 18.0 Å². The third kappa shape index (κ3) is 4.94. The molecule has 0 spiro atoms. The minimum Gasteiger partial charge on any atom is -0.447 e. The normalized spacial score (nSPS) is 11.1. The summed E-state index contributed by atoms with van der Waals surface area (Å²) in [5, 5.41) is 11.6. The number of thioether (sulfide) groups is 1. The number of hydrogen-bond donors (Lipinski definition) is 0. The molecule has 0 saturated heterocycles. The third-order valence-electron chi connectivity index (χ3n) is 4.76. The zero-order valence-corrected chi connectivity index (χ0v) is 19.7. The molecule has 0 saturated carbocycles. The Balaban J connectivity index is 1.53. The van der Waals surface area contributed by atoms with Gasteiger partial charge in [-0.2, -0.15) is 0 Å². The molecule has 0 atom stereocenters. The zero-order valence-electron chi connectivity index (χ0n) is 18.1. The van der Waals surface area contributed by atoms with Gasteiger partial charge in [0.2, 0.25) is 5.89 Å². The van der Waals surface area contributed by atoms with E-state index in [9.17, 15) is 4.79 Å². The van der Waals surface area contributed by atoms with E-state index in [4.69, 9.17) is 4.42 Å². The van der Waals surface area contributed by atoms with Crippen LogP contribution in [0.1, 0.15) is 43.1 Å². The van der Waals surface area contributed by atoms with Crippen LogP contribution in [0.25, 0.3) is 16.4 Å². The first kappa shape index (κ1) is 22.3. The number of para-hydroxylation sites is 1. The monoisotopic (exact) mass is 467 g/mol. The lowest BCUT2D eigenvalue weighted by molar-refractivity contribution is 0.0749. The number of carbonyl (C=O) groups excluding carboxylic acids is 1. The van der Waals surface area contributed by atoms with Crippen LogP contribution < -0.4 is 0 Å². The molecule has 3 aromatic heterocycles. The van der Waals surface area contributed by atoms with E-state index >= 15 is 0 Å². The number of rotatable bonds is 10. The maximum absolute atomic E-state index is 12.8. The van der Waals surface area contributed by atoms with Crippen LogP contribution >= 0.6 is 23.1 Å². The molecule has 7 nitrogen and oxygen atoms in total. The fourth-order valence-corrected chi connectivity index (χ4v) is 4.86. The van der Waals surface area contributed by atoms with Gasteiger partial charge in [-0.15, -0.1) is 21.5 Å². The largest absolute Gasteiger partial charge is 0.447 e. The van der Waals surface area contributed by atoms with Crippen molar-refractivity contribution in [2.45, 2.75) is 37.6 Å². The van der Waals surface area contributed by atoms with Gasteiger partial charge in [-0.05, 0) is 36.4 Å². The van der Waals surface area contributed by atoms with Crippen molar-refractivity contribution < 1.29 is 9.21 Å². The molecule has 0 N–H and O–H groups in total. The first-order valence-corrected chi connectivity index (χ1v) is 12.5. The molecule has 9 heteroatoms. The van der Waals surface area contributed by atoms with Crippen LogP contribution in [0.5, 0.6) is 0 Å². The van der Waals surface area contributed by atoms with Gasteiger partial charge >= 0.3 is 0 Å². The standard InChI is InChI=1S/C23H25N5O2S2/c1-3-12-27(13-4-2)22(29)18-15-30-20(24-18)16-32-23-26-25-21(19-11-8-14-31-19)28(23)17-9-6-5-7-10-17/h5-11,14-15H,3-4,12-13,16H2,1-2H3. The van der Waals surface area contributed by atoms with Crippen molar-refractivity contribution in [3.05, 3.63) is 65.7 Å². The summed E-state index contributed by atoms with van der Waals surface area (Å²) in [5.74, 6) is 1.66. The number of benzene rings is 1. The van der Waals surface area contributed by atoms with Gasteiger partial charge < -0.3 is 9.32 Å². The van der Waals surface area contributed by atoms with Crippen LogP contribution in [0, 0.1) is 0 Å². The number of thiophene rings is 1. The molecular weight excluding hydrogens is 442 g/mol. The smallest absolute Gasteiger partial charge is 0.275 e. The quantitative estimate of drug-likeness (QED) is 0.285. The Morgan fingerprint density at radius 1 is 1.09 bits per heavy atom. The summed E-state index contributed by atoms with van der Waals surface area (Å²) in [5.41, 5.74) is 1.34. The van der Waals surface area contributed by atoms with Crippen LogP contribution in [0.3, 0.4) is 0 Å². The highest BCUT2D eigenvalue weighted by Crippen LogP contribution is 2.31. The Bertz CT molecular complexity index is 1130. The van der Waals surface area contributed by atoms with Gasteiger partial charge in [0.25, 0.3) is 5.91 Å². The maximum atomic E-state index is 12.8. The van der Waals surface area contributed by atoms with Crippen molar-refractivity contribution in [3.63, 3.8) is 0 Å². The van der Waals surface area contributed by atoms with Crippen molar-refractivity contribution in [1.29, 1.82) is 0 Å².